The SMILES string of the molecule is CCC(=O)c1c(CC)oc2cc(O)cc(O)c2c1=O. The Morgan fingerprint density at radius 1 is 1.26 bits per heavy atom. The van der Waals surface area contributed by atoms with Gasteiger partial charge in [0.15, 0.2) is 5.78 Å². The van der Waals surface area contributed by atoms with Crippen LogP contribution in [-0.4, -0.2) is 16.0 Å². The van der Waals surface area contributed by atoms with Gasteiger partial charge in [-0.2, -0.15) is 0 Å². The van der Waals surface area contributed by atoms with Gasteiger partial charge < -0.3 is 14.6 Å². The molecule has 0 amide bonds. The zero-order chi connectivity index (χ0) is 14.2. The van der Waals surface area contributed by atoms with Crippen molar-refractivity contribution >= 4 is 16.8 Å². The van der Waals surface area contributed by atoms with E-state index in [0.29, 0.717) is 6.42 Å². The molecular weight excluding hydrogens is 248 g/mol. The second-order valence-corrected chi connectivity index (χ2v) is 4.20. The highest BCUT2D eigenvalue weighted by Crippen LogP contribution is 2.29. The summed E-state index contributed by atoms with van der Waals surface area (Å²) in [7, 11) is 0. The molecular formula is C14H14O5. The van der Waals surface area contributed by atoms with Crippen LogP contribution in [0.5, 0.6) is 11.5 Å². The van der Waals surface area contributed by atoms with Crippen molar-refractivity contribution in [3.05, 3.63) is 33.7 Å². The standard InChI is InChI=1S/C14H14O5/c1-3-8(16)12-10(4-2)19-11-6-7(15)5-9(17)13(11)14(12)18/h5-6,15,17H,3-4H2,1-2H3. The van der Waals surface area contributed by atoms with Crippen LogP contribution in [0.2, 0.25) is 0 Å². The Morgan fingerprint density at radius 3 is 2.53 bits per heavy atom. The number of benzene rings is 1. The molecule has 0 atom stereocenters. The van der Waals surface area contributed by atoms with E-state index in [1.165, 1.54) is 6.07 Å². The molecule has 100 valence electrons. The van der Waals surface area contributed by atoms with Crippen molar-refractivity contribution < 1.29 is 19.4 Å². The van der Waals surface area contributed by atoms with Gasteiger partial charge in [0.2, 0.25) is 5.43 Å². The van der Waals surface area contributed by atoms with Crippen LogP contribution in [0.3, 0.4) is 0 Å². The molecule has 0 unspecified atom stereocenters. The average molecular weight is 262 g/mol. The maximum absolute atomic E-state index is 12.3. The molecule has 0 aliphatic rings. The minimum atomic E-state index is -0.553. The van der Waals surface area contributed by atoms with Gasteiger partial charge in [-0.05, 0) is 0 Å². The average Bonchev–Trinajstić information content (AvgIpc) is 2.36. The summed E-state index contributed by atoms with van der Waals surface area (Å²) in [6.07, 6.45) is 0.560. The topological polar surface area (TPSA) is 87.7 Å². The summed E-state index contributed by atoms with van der Waals surface area (Å²) in [4.78, 5) is 24.2. The summed E-state index contributed by atoms with van der Waals surface area (Å²) in [5.41, 5.74) is -0.493. The summed E-state index contributed by atoms with van der Waals surface area (Å²) in [5.74, 6) is -0.643. The van der Waals surface area contributed by atoms with Gasteiger partial charge in [-0.1, -0.05) is 13.8 Å². The van der Waals surface area contributed by atoms with Gasteiger partial charge >= 0.3 is 0 Å². The number of fused-ring (bicyclic) bond motifs is 1. The molecule has 0 aliphatic heterocycles. The largest absolute Gasteiger partial charge is 0.508 e. The van der Waals surface area contributed by atoms with E-state index in [0.717, 1.165) is 6.07 Å². The Bertz CT molecular complexity index is 712. The fraction of sp³-hybridized carbons (Fsp3) is 0.286. The molecule has 1 aromatic heterocycles. The number of Topliss-reactive ketones (excluding diaryl/α,β-unsaturated/α-hetero) is 1. The van der Waals surface area contributed by atoms with Crippen LogP contribution < -0.4 is 5.43 Å². The number of carbonyl (C=O) groups excluding carboxylic acids is 1. The molecule has 1 heterocycles. The number of phenolic OH excluding ortho intramolecular Hbond substituents is 2. The lowest BCUT2D eigenvalue weighted by Crippen LogP contribution is -2.17. The molecule has 2 aromatic rings. The number of phenols is 2. The number of aryl methyl sites for hydroxylation is 1. The van der Waals surface area contributed by atoms with Crippen molar-refractivity contribution in [3.63, 3.8) is 0 Å². The number of rotatable bonds is 3. The van der Waals surface area contributed by atoms with Gasteiger partial charge in [0.05, 0.1) is 0 Å². The molecule has 5 nitrogen and oxygen atoms in total. The number of aromatic hydroxyl groups is 2. The first-order chi connectivity index (χ1) is 8.99. The van der Waals surface area contributed by atoms with E-state index in [-0.39, 0.29) is 40.2 Å². The summed E-state index contributed by atoms with van der Waals surface area (Å²) in [6, 6.07) is 2.29. The van der Waals surface area contributed by atoms with Crippen LogP contribution in [0.1, 0.15) is 36.4 Å². The third-order valence-electron chi connectivity index (χ3n) is 2.95. The molecule has 0 spiro atoms. The van der Waals surface area contributed by atoms with E-state index in [2.05, 4.69) is 0 Å². The van der Waals surface area contributed by atoms with E-state index in [1.54, 1.807) is 13.8 Å². The molecule has 0 saturated heterocycles. The quantitative estimate of drug-likeness (QED) is 0.829. The number of carbonyl (C=O) groups is 1. The number of hydrogen-bond donors (Lipinski definition) is 2. The van der Waals surface area contributed by atoms with Gasteiger partial charge in [0.1, 0.15) is 33.8 Å². The van der Waals surface area contributed by atoms with Crippen molar-refractivity contribution in [1.29, 1.82) is 0 Å². The second kappa shape index (κ2) is 4.76. The maximum Gasteiger partial charge on any atom is 0.207 e. The predicted molar refractivity (Wildman–Crippen MR) is 69.8 cm³/mol. The summed E-state index contributed by atoms with van der Waals surface area (Å²) in [6.45, 7) is 3.42. The van der Waals surface area contributed by atoms with E-state index in [4.69, 9.17) is 4.42 Å². The Kier molecular flexibility index (Phi) is 3.29. The van der Waals surface area contributed by atoms with Crippen molar-refractivity contribution in [2.45, 2.75) is 26.7 Å². The molecule has 2 rings (SSSR count). The van der Waals surface area contributed by atoms with E-state index >= 15 is 0 Å². The molecule has 0 bridgehead atoms. The molecule has 0 saturated carbocycles. The lowest BCUT2D eigenvalue weighted by atomic mass is 10.0. The van der Waals surface area contributed by atoms with Crippen molar-refractivity contribution in [3.8, 4) is 11.5 Å². The molecule has 5 heteroatoms. The van der Waals surface area contributed by atoms with Gasteiger partial charge in [-0.15, -0.1) is 0 Å². The van der Waals surface area contributed by atoms with Crippen molar-refractivity contribution in [1.82, 2.24) is 0 Å². The van der Waals surface area contributed by atoms with Crippen LogP contribution >= 0.6 is 0 Å². The molecule has 1 aromatic carbocycles. The molecule has 0 fully saturated rings. The summed E-state index contributed by atoms with van der Waals surface area (Å²) >= 11 is 0. The Hall–Kier alpha value is -2.30. The first kappa shape index (κ1) is 13.1. The zero-order valence-electron chi connectivity index (χ0n) is 10.7. The Morgan fingerprint density at radius 2 is 1.95 bits per heavy atom. The summed E-state index contributed by atoms with van der Waals surface area (Å²) in [5, 5.41) is 19.1. The fourth-order valence-electron chi connectivity index (χ4n) is 2.04. The minimum Gasteiger partial charge on any atom is -0.508 e. The minimum absolute atomic E-state index is 0.0153. The van der Waals surface area contributed by atoms with Crippen molar-refractivity contribution in [2.75, 3.05) is 0 Å². The lowest BCUT2D eigenvalue weighted by molar-refractivity contribution is 0.0984. The predicted octanol–water partition coefficient (Wildman–Crippen LogP) is 2.36. The van der Waals surface area contributed by atoms with Crippen LogP contribution in [-0.2, 0) is 6.42 Å². The normalized spacial score (nSPS) is 10.8. The van der Waals surface area contributed by atoms with E-state index in [1.807, 2.05) is 0 Å². The van der Waals surface area contributed by atoms with E-state index in [9.17, 15) is 19.8 Å². The first-order valence-electron chi connectivity index (χ1n) is 6.04. The van der Waals surface area contributed by atoms with Crippen LogP contribution in [0, 0.1) is 0 Å². The molecule has 19 heavy (non-hydrogen) atoms. The van der Waals surface area contributed by atoms with Crippen LogP contribution in [0.4, 0.5) is 0 Å². The fourth-order valence-corrected chi connectivity index (χ4v) is 2.04. The van der Waals surface area contributed by atoms with Gasteiger partial charge in [0, 0.05) is 25.0 Å². The van der Waals surface area contributed by atoms with Gasteiger partial charge in [-0.25, -0.2) is 0 Å². The van der Waals surface area contributed by atoms with Gasteiger partial charge in [0.25, 0.3) is 0 Å². The Labute approximate surface area is 109 Å². The highest BCUT2D eigenvalue weighted by molar-refractivity contribution is 6.00. The van der Waals surface area contributed by atoms with Crippen LogP contribution in [0.15, 0.2) is 21.3 Å². The monoisotopic (exact) mass is 262 g/mol. The highest BCUT2D eigenvalue weighted by atomic mass is 16.3. The smallest absolute Gasteiger partial charge is 0.207 e. The molecule has 0 radical (unpaired) electrons. The third kappa shape index (κ3) is 2.07. The number of hydrogen-bond acceptors (Lipinski definition) is 5. The second-order valence-electron chi connectivity index (χ2n) is 4.20. The highest BCUT2D eigenvalue weighted by Gasteiger charge is 2.20. The summed E-state index contributed by atoms with van der Waals surface area (Å²) < 4.78 is 5.47. The number of ketones is 1. The molecule has 0 aliphatic carbocycles. The van der Waals surface area contributed by atoms with E-state index < -0.39 is 11.2 Å². The lowest BCUT2D eigenvalue weighted by Gasteiger charge is -2.08. The first-order valence-corrected chi connectivity index (χ1v) is 6.04. The molecule has 2 N–H and O–H groups in total. The van der Waals surface area contributed by atoms with Crippen molar-refractivity contribution in [2.24, 2.45) is 0 Å². The van der Waals surface area contributed by atoms with Crippen LogP contribution in [0.25, 0.3) is 11.0 Å². The maximum atomic E-state index is 12.3. The Balaban J connectivity index is 2.95. The third-order valence-corrected chi connectivity index (χ3v) is 2.95. The van der Waals surface area contributed by atoms with Gasteiger partial charge in [-0.3, -0.25) is 9.59 Å². The zero-order valence-corrected chi connectivity index (χ0v) is 10.7.